The Hall–Kier alpha value is -2.99. The van der Waals surface area contributed by atoms with Crippen LogP contribution in [0.15, 0.2) is 53.9 Å². The smallest absolute Gasteiger partial charge is 0.157 e. The maximum atomic E-state index is 9.65. The molecule has 0 bridgehead atoms. The summed E-state index contributed by atoms with van der Waals surface area (Å²) in [4.78, 5) is 4.36. The lowest BCUT2D eigenvalue weighted by Gasteiger charge is -2.07. The minimum atomic E-state index is -0.653. The minimum Gasteiger partial charge on any atom is -0.383 e. The fraction of sp³-hybridized carbons (Fsp3) is 0.167. The molecule has 6 heteroatoms. The third kappa shape index (κ3) is 2.79. The number of nitrogens with zero attached hydrogens (tertiary/aromatic N) is 5. The summed E-state index contributed by atoms with van der Waals surface area (Å²) in [7, 11) is 1.91. The van der Waals surface area contributed by atoms with Gasteiger partial charge in [0.05, 0.1) is 18.9 Å². The van der Waals surface area contributed by atoms with Crippen molar-refractivity contribution in [3.63, 3.8) is 0 Å². The third-order valence-electron chi connectivity index (χ3n) is 3.96. The van der Waals surface area contributed by atoms with E-state index in [-0.39, 0.29) is 0 Å². The van der Waals surface area contributed by atoms with Gasteiger partial charge in [0.2, 0.25) is 0 Å². The van der Waals surface area contributed by atoms with Crippen molar-refractivity contribution in [1.29, 1.82) is 0 Å². The van der Waals surface area contributed by atoms with E-state index in [4.69, 9.17) is 0 Å². The molecule has 0 spiro atoms. The second-order valence-corrected chi connectivity index (χ2v) is 5.81. The largest absolute Gasteiger partial charge is 0.383 e. The maximum absolute atomic E-state index is 9.65. The summed E-state index contributed by atoms with van der Waals surface area (Å²) in [5.41, 5.74) is 4.25. The summed E-state index contributed by atoms with van der Waals surface area (Å²) in [6.07, 6.45) is 10.0. The summed E-state index contributed by atoms with van der Waals surface area (Å²) < 4.78 is 3.64. The Labute approximate surface area is 139 Å². The van der Waals surface area contributed by atoms with Crippen LogP contribution in [0.1, 0.15) is 11.1 Å². The first kappa shape index (κ1) is 14.6. The number of hydrogen-bond acceptors (Lipinski definition) is 4. The maximum Gasteiger partial charge on any atom is 0.157 e. The van der Waals surface area contributed by atoms with Crippen LogP contribution in [0.25, 0.3) is 17.2 Å². The second-order valence-electron chi connectivity index (χ2n) is 5.81. The fourth-order valence-corrected chi connectivity index (χ4v) is 2.76. The van der Waals surface area contributed by atoms with Crippen LogP contribution in [0.2, 0.25) is 0 Å². The van der Waals surface area contributed by atoms with Gasteiger partial charge in [0, 0.05) is 30.6 Å². The van der Waals surface area contributed by atoms with E-state index in [2.05, 4.69) is 33.4 Å². The quantitative estimate of drug-likeness (QED) is 0.806. The first-order valence-electron chi connectivity index (χ1n) is 7.73. The van der Waals surface area contributed by atoms with Crippen LogP contribution in [0.3, 0.4) is 0 Å². The molecule has 24 heavy (non-hydrogen) atoms. The molecule has 0 aliphatic carbocycles. The molecule has 3 heterocycles. The van der Waals surface area contributed by atoms with Crippen molar-refractivity contribution in [2.24, 2.45) is 12.0 Å². The van der Waals surface area contributed by atoms with Crippen LogP contribution in [0.5, 0.6) is 0 Å². The molecule has 120 valence electrons. The van der Waals surface area contributed by atoms with Crippen molar-refractivity contribution in [3.05, 3.63) is 60.1 Å². The van der Waals surface area contributed by atoms with Gasteiger partial charge < -0.3 is 5.11 Å². The number of aromatic nitrogens is 4. The third-order valence-corrected chi connectivity index (χ3v) is 3.96. The number of aliphatic hydroxyl groups is 1. The summed E-state index contributed by atoms with van der Waals surface area (Å²) in [5, 5.41) is 18.3. The molecule has 1 unspecified atom stereocenters. The lowest BCUT2D eigenvalue weighted by Crippen LogP contribution is -2.03. The molecular formula is C18H17N5O. The highest BCUT2D eigenvalue weighted by atomic mass is 16.3. The van der Waals surface area contributed by atoms with E-state index >= 15 is 0 Å². The van der Waals surface area contributed by atoms with Crippen molar-refractivity contribution < 1.29 is 5.11 Å². The fourth-order valence-electron chi connectivity index (χ4n) is 2.76. The molecule has 1 atom stereocenters. The second kappa shape index (κ2) is 5.90. The average molecular weight is 319 g/mol. The Morgan fingerprint density at radius 2 is 2.08 bits per heavy atom. The van der Waals surface area contributed by atoms with Crippen LogP contribution in [0.4, 0.5) is 5.82 Å². The lowest BCUT2D eigenvalue weighted by molar-refractivity contribution is 0.295. The molecule has 0 radical (unpaired) electrons. The molecule has 3 aromatic rings. The zero-order valence-corrected chi connectivity index (χ0v) is 13.2. The highest BCUT2D eigenvalue weighted by Crippen LogP contribution is 2.25. The Balaban J connectivity index is 1.64. The number of rotatable bonds is 3. The van der Waals surface area contributed by atoms with Crippen LogP contribution >= 0.6 is 0 Å². The zero-order chi connectivity index (χ0) is 16.5. The lowest BCUT2D eigenvalue weighted by atomic mass is 10.1. The van der Waals surface area contributed by atoms with Crippen LogP contribution in [-0.4, -0.2) is 37.0 Å². The summed E-state index contributed by atoms with van der Waals surface area (Å²) in [6.45, 7) is 0.616. The highest BCUT2D eigenvalue weighted by Gasteiger charge is 2.12. The minimum absolute atomic E-state index is 0.616. The molecule has 0 saturated carbocycles. The van der Waals surface area contributed by atoms with Crippen LogP contribution < -0.4 is 0 Å². The van der Waals surface area contributed by atoms with Gasteiger partial charge in [-0.2, -0.15) is 10.2 Å². The molecule has 4 rings (SSSR count). The molecule has 0 amide bonds. The van der Waals surface area contributed by atoms with Gasteiger partial charge in [-0.3, -0.25) is 4.68 Å². The number of hydrogen-bond donors (Lipinski definition) is 1. The number of aliphatic hydroxyl groups excluding tert-OH is 1. The predicted octanol–water partition coefficient (Wildman–Crippen LogP) is 2.42. The molecule has 1 aliphatic rings. The number of aryl methyl sites for hydroxylation is 1. The molecule has 1 N–H and O–H groups in total. The molecule has 6 nitrogen and oxygen atoms in total. The van der Waals surface area contributed by atoms with E-state index in [1.54, 1.807) is 17.0 Å². The Bertz CT molecular complexity index is 935. The summed E-state index contributed by atoms with van der Waals surface area (Å²) >= 11 is 0. The Morgan fingerprint density at radius 3 is 2.92 bits per heavy atom. The predicted molar refractivity (Wildman–Crippen MR) is 93.2 cm³/mol. The van der Waals surface area contributed by atoms with Crippen molar-refractivity contribution in [2.45, 2.75) is 12.6 Å². The van der Waals surface area contributed by atoms with Crippen LogP contribution in [0, 0.1) is 0 Å². The van der Waals surface area contributed by atoms with Crippen LogP contribution in [-0.2, 0) is 13.6 Å². The molecule has 2 aromatic heterocycles. The van der Waals surface area contributed by atoms with Gasteiger partial charge >= 0.3 is 0 Å². The van der Waals surface area contributed by atoms with Crippen molar-refractivity contribution in [2.75, 3.05) is 0 Å². The van der Waals surface area contributed by atoms with Crippen molar-refractivity contribution in [1.82, 2.24) is 19.6 Å². The molecule has 0 fully saturated rings. The Kier molecular flexibility index (Phi) is 3.59. The van der Waals surface area contributed by atoms with Gasteiger partial charge in [-0.05, 0) is 23.3 Å². The highest BCUT2D eigenvalue weighted by molar-refractivity contribution is 5.77. The van der Waals surface area contributed by atoms with Gasteiger partial charge in [-0.15, -0.1) is 0 Å². The van der Waals surface area contributed by atoms with E-state index in [1.807, 2.05) is 36.3 Å². The van der Waals surface area contributed by atoms with E-state index in [9.17, 15) is 5.11 Å². The molecule has 1 aliphatic heterocycles. The monoisotopic (exact) mass is 319 g/mol. The number of benzene rings is 1. The van der Waals surface area contributed by atoms with Crippen molar-refractivity contribution >= 4 is 18.1 Å². The van der Waals surface area contributed by atoms with E-state index in [0.29, 0.717) is 6.54 Å². The van der Waals surface area contributed by atoms with E-state index in [0.717, 1.165) is 28.1 Å². The van der Waals surface area contributed by atoms with Gasteiger partial charge in [0.1, 0.15) is 6.10 Å². The summed E-state index contributed by atoms with van der Waals surface area (Å²) in [5.74, 6) is 0.759. The van der Waals surface area contributed by atoms with Crippen molar-refractivity contribution in [3.8, 4) is 11.1 Å². The van der Waals surface area contributed by atoms with E-state index in [1.165, 1.54) is 6.21 Å². The number of aliphatic imine (C=N–C) groups is 1. The molecule has 1 aromatic carbocycles. The normalized spacial score (nSPS) is 16.2. The van der Waals surface area contributed by atoms with Gasteiger partial charge in [-0.25, -0.2) is 9.67 Å². The molecular weight excluding hydrogens is 302 g/mol. The molecule has 0 saturated heterocycles. The number of fused-ring (bicyclic) bond motifs is 1. The standard InChI is InChI=1S/C18H17N5O/c1-22-12-16(9-20-22)14-4-2-3-13(7-14)11-23-18-15(8-21-23)5-6-17(24)10-19-18/h2-10,12,17,24H,11H2,1H3. The first-order chi connectivity index (χ1) is 11.7. The zero-order valence-electron chi connectivity index (χ0n) is 13.2. The summed E-state index contributed by atoms with van der Waals surface area (Å²) in [6, 6.07) is 8.31. The van der Waals surface area contributed by atoms with Gasteiger partial charge in [-0.1, -0.05) is 24.3 Å². The van der Waals surface area contributed by atoms with E-state index < -0.39 is 6.10 Å². The average Bonchev–Trinajstić information content (AvgIpc) is 3.13. The SMILES string of the molecule is Cn1cc(-c2cccc(Cn3ncc4c3N=CC(O)C=C4)c2)cn1. The van der Waals surface area contributed by atoms with Gasteiger partial charge in [0.25, 0.3) is 0 Å². The van der Waals surface area contributed by atoms with Gasteiger partial charge in [0.15, 0.2) is 5.82 Å². The topological polar surface area (TPSA) is 68.2 Å². The Morgan fingerprint density at radius 1 is 1.17 bits per heavy atom. The first-order valence-corrected chi connectivity index (χ1v) is 7.73.